The second-order valence-electron chi connectivity index (χ2n) is 9.78. The first-order chi connectivity index (χ1) is 18.7. The molecule has 0 saturated carbocycles. The Balaban J connectivity index is 1.80. The maximum atomic E-state index is 13.4. The Morgan fingerprint density at radius 1 is 1.05 bits per heavy atom. The van der Waals surface area contributed by atoms with Crippen molar-refractivity contribution >= 4 is 23.3 Å². The van der Waals surface area contributed by atoms with Crippen LogP contribution in [0.3, 0.4) is 0 Å². The maximum absolute atomic E-state index is 13.4. The van der Waals surface area contributed by atoms with Crippen LogP contribution in [0, 0.1) is 12.8 Å². The minimum atomic E-state index is -0.982. The van der Waals surface area contributed by atoms with Crippen molar-refractivity contribution < 1.29 is 33.4 Å². The normalized spacial score (nSPS) is 16.7. The Hall–Kier alpha value is -4.27. The molecule has 206 valence electrons. The molecule has 0 unspecified atom stereocenters. The minimum Gasteiger partial charge on any atom is -0.507 e. The standard InChI is InChI=1S/C30H34N2O7/c1-6-14-37-22-10-7-20(8-11-22)28(33)26-27(32(30(35)29(26)34)25-16-19(4)39-31-25)21-9-12-23(24(17-21)36-5)38-15-13-18(2)3/h7-12,16-18,27,33H,6,13-15H2,1-5H3/b28-26+/t27-/m0/s1. The van der Waals surface area contributed by atoms with E-state index in [1.54, 1.807) is 55.5 Å². The lowest BCUT2D eigenvalue weighted by molar-refractivity contribution is -0.132. The Bertz CT molecular complexity index is 1360. The molecule has 9 heteroatoms. The van der Waals surface area contributed by atoms with E-state index in [1.165, 1.54) is 12.0 Å². The van der Waals surface area contributed by atoms with Crippen molar-refractivity contribution in [2.75, 3.05) is 25.2 Å². The number of carbonyl (C=O) groups is 2. The molecule has 0 spiro atoms. The van der Waals surface area contributed by atoms with Crippen LogP contribution in [0.1, 0.15) is 56.5 Å². The van der Waals surface area contributed by atoms with Gasteiger partial charge in [-0.15, -0.1) is 0 Å². The van der Waals surface area contributed by atoms with Crippen molar-refractivity contribution in [1.82, 2.24) is 5.16 Å². The SMILES string of the molecule is CCCOc1ccc(/C(O)=C2\C(=O)C(=O)N(c3cc(C)on3)[C@H]2c2ccc(OCCC(C)C)c(OC)c2)cc1. The van der Waals surface area contributed by atoms with E-state index < -0.39 is 17.7 Å². The van der Waals surface area contributed by atoms with Crippen LogP contribution in [0.2, 0.25) is 0 Å². The highest BCUT2D eigenvalue weighted by Crippen LogP contribution is 2.44. The van der Waals surface area contributed by atoms with Crippen molar-refractivity contribution in [3.8, 4) is 17.2 Å². The number of nitrogens with zero attached hydrogens (tertiary/aromatic N) is 2. The van der Waals surface area contributed by atoms with Gasteiger partial charge in [0.2, 0.25) is 0 Å². The second kappa shape index (κ2) is 12.1. The van der Waals surface area contributed by atoms with Gasteiger partial charge in [-0.05, 0) is 67.6 Å². The number of ether oxygens (including phenoxy) is 3. The average molecular weight is 535 g/mol. The number of aryl methyl sites for hydroxylation is 1. The number of aliphatic hydroxyl groups excluding tert-OH is 1. The van der Waals surface area contributed by atoms with Crippen LogP contribution >= 0.6 is 0 Å². The Morgan fingerprint density at radius 2 is 1.79 bits per heavy atom. The van der Waals surface area contributed by atoms with Crippen LogP contribution in [0.5, 0.6) is 17.2 Å². The van der Waals surface area contributed by atoms with E-state index in [0.717, 1.165) is 12.8 Å². The lowest BCUT2D eigenvalue weighted by atomic mass is 9.95. The van der Waals surface area contributed by atoms with E-state index in [9.17, 15) is 14.7 Å². The number of hydrogen-bond acceptors (Lipinski definition) is 8. The van der Waals surface area contributed by atoms with Gasteiger partial charge in [-0.25, -0.2) is 0 Å². The summed E-state index contributed by atoms with van der Waals surface area (Å²) in [5.74, 6) is 0.774. The van der Waals surface area contributed by atoms with Gasteiger partial charge in [-0.1, -0.05) is 32.0 Å². The summed E-state index contributed by atoms with van der Waals surface area (Å²) in [4.78, 5) is 27.9. The zero-order valence-corrected chi connectivity index (χ0v) is 22.9. The van der Waals surface area contributed by atoms with E-state index in [-0.39, 0.29) is 17.2 Å². The van der Waals surface area contributed by atoms with Crippen LogP contribution in [-0.4, -0.2) is 42.3 Å². The van der Waals surface area contributed by atoms with Crippen molar-refractivity contribution in [3.05, 3.63) is 71.0 Å². The summed E-state index contributed by atoms with van der Waals surface area (Å²) in [5.41, 5.74) is 0.838. The number of ketones is 1. The number of rotatable bonds is 11. The van der Waals surface area contributed by atoms with Gasteiger partial charge >= 0.3 is 5.91 Å². The molecule has 1 N–H and O–H groups in total. The van der Waals surface area contributed by atoms with Gasteiger partial charge in [0.15, 0.2) is 17.3 Å². The number of benzene rings is 2. The highest BCUT2D eigenvalue weighted by molar-refractivity contribution is 6.51. The first kappa shape index (κ1) is 27.8. The molecule has 1 fully saturated rings. The molecule has 0 radical (unpaired) electrons. The van der Waals surface area contributed by atoms with Crippen LogP contribution in [-0.2, 0) is 9.59 Å². The highest BCUT2D eigenvalue weighted by Gasteiger charge is 2.48. The summed E-state index contributed by atoms with van der Waals surface area (Å²) in [6.45, 7) is 9.01. The quantitative estimate of drug-likeness (QED) is 0.186. The molecule has 2 aromatic carbocycles. The van der Waals surface area contributed by atoms with Crippen molar-refractivity contribution in [1.29, 1.82) is 0 Å². The van der Waals surface area contributed by atoms with Crippen molar-refractivity contribution in [2.45, 2.75) is 46.6 Å². The van der Waals surface area contributed by atoms with Crippen LogP contribution < -0.4 is 19.1 Å². The number of hydrogen-bond donors (Lipinski definition) is 1. The van der Waals surface area contributed by atoms with Gasteiger partial charge in [0.05, 0.1) is 31.9 Å². The highest BCUT2D eigenvalue weighted by atomic mass is 16.5. The summed E-state index contributed by atoms with van der Waals surface area (Å²) >= 11 is 0. The Morgan fingerprint density at radius 3 is 2.41 bits per heavy atom. The van der Waals surface area contributed by atoms with Crippen LogP contribution in [0.15, 0.2) is 58.6 Å². The van der Waals surface area contributed by atoms with E-state index in [2.05, 4.69) is 19.0 Å². The summed E-state index contributed by atoms with van der Waals surface area (Å²) in [5, 5.41) is 15.3. The van der Waals surface area contributed by atoms with E-state index in [1.807, 2.05) is 6.92 Å². The van der Waals surface area contributed by atoms with E-state index in [0.29, 0.717) is 53.3 Å². The number of aliphatic hydroxyl groups is 1. The number of carbonyl (C=O) groups excluding carboxylic acids is 2. The van der Waals surface area contributed by atoms with Crippen LogP contribution in [0.4, 0.5) is 5.82 Å². The lowest BCUT2D eigenvalue weighted by Gasteiger charge is -2.24. The molecule has 2 heterocycles. The van der Waals surface area contributed by atoms with Crippen molar-refractivity contribution in [2.24, 2.45) is 5.92 Å². The van der Waals surface area contributed by atoms with Gasteiger partial charge in [0.25, 0.3) is 5.78 Å². The zero-order valence-electron chi connectivity index (χ0n) is 22.9. The monoisotopic (exact) mass is 534 g/mol. The molecule has 1 amide bonds. The van der Waals surface area contributed by atoms with Gasteiger partial charge in [0.1, 0.15) is 17.3 Å². The Kier molecular flexibility index (Phi) is 8.59. The third kappa shape index (κ3) is 5.92. The molecule has 39 heavy (non-hydrogen) atoms. The fourth-order valence-electron chi connectivity index (χ4n) is 4.31. The molecular formula is C30H34N2O7. The van der Waals surface area contributed by atoms with Gasteiger partial charge in [0, 0.05) is 11.6 Å². The number of amides is 1. The van der Waals surface area contributed by atoms with Gasteiger partial charge in [-0.2, -0.15) is 0 Å². The molecule has 0 aliphatic carbocycles. The lowest BCUT2D eigenvalue weighted by Crippen LogP contribution is -2.29. The summed E-state index contributed by atoms with van der Waals surface area (Å²) in [7, 11) is 1.52. The van der Waals surface area contributed by atoms with E-state index >= 15 is 0 Å². The summed E-state index contributed by atoms with van der Waals surface area (Å²) < 4.78 is 22.3. The zero-order chi connectivity index (χ0) is 28.1. The Labute approximate surface area is 228 Å². The number of aromatic nitrogens is 1. The fraction of sp³-hybridized carbons (Fsp3) is 0.367. The molecule has 1 atom stereocenters. The molecule has 1 saturated heterocycles. The molecule has 0 bridgehead atoms. The summed E-state index contributed by atoms with van der Waals surface area (Å²) in [6.07, 6.45) is 1.73. The first-order valence-corrected chi connectivity index (χ1v) is 13.0. The fourth-order valence-corrected chi connectivity index (χ4v) is 4.31. The predicted octanol–water partition coefficient (Wildman–Crippen LogP) is 5.83. The maximum Gasteiger partial charge on any atom is 0.301 e. The predicted molar refractivity (Wildman–Crippen MR) is 146 cm³/mol. The number of Topliss-reactive ketones (excluding diaryl/α,β-unsaturated/α-hetero) is 1. The summed E-state index contributed by atoms with van der Waals surface area (Å²) in [6, 6.07) is 12.5. The smallest absolute Gasteiger partial charge is 0.301 e. The molecule has 1 aliphatic heterocycles. The average Bonchev–Trinajstić information content (AvgIpc) is 3.47. The number of anilines is 1. The first-order valence-electron chi connectivity index (χ1n) is 13.0. The topological polar surface area (TPSA) is 111 Å². The molecule has 4 rings (SSSR count). The van der Waals surface area contributed by atoms with E-state index in [4.69, 9.17) is 18.7 Å². The second-order valence-corrected chi connectivity index (χ2v) is 9.78. The van der Waals surface area contributed by atoms with Crippen LogP contribution in [0.25, 0.3) is 5.76 Å². The van der Waals surface area contributed by atoms with Gasteiger partial charge in [-0.3, -0.25) is 14.5 Å². The molecule has 3 aromatic rings. The molecule has 1 aliphatic rings. The van der Waals surface area contributed by atoms with Crippen molar-refractivity contribution in [3.63, 3.8) is 0 Å². The van der Waals surface area contributed by atoms with Gasteiger partial charge < -0.3 is 23.8 Å². The minimum absolute atomic E-state index is 0.0709. The third-order valence-corrected chi connectivity index (χ3v) is 6.36. The third-order valence-electron chi connectivity index (χ3n) is 6.36. The molecule has 1 aromatic heterocycles. The largest absolute Gasteiger partial charge is 0.507 e. The molecule has 9 nitrogen and oxygen atoms in total. The number of methoxy groups -OCH3 is 1. The molecular weight excluding hydrogens is 500 g/mol.